The van der Waals surface area contributed by atoms with E-state index < -0.39 is 24.4 Å². The van der Waals surface area contributed by atoms with Gasteiger partial charge in [-0.3, -0.25) is 9.59 Å². The number of aromatic amines is 2. The summed E-state index contributed by atoms with van der Waals surface area (Å²) in [4.78, 5) is 71.9. The Hall–Kier alpha value is -8.00. The van der Waals surface area contributed by atoms with Gasteiger partial charge in [0, 0.05) is 24.2 Å². The highest BCUT2D eigenvalue weighted by Crippen LogP contribution is 2.40. The zero-order valence-electron chi connectivity index (χ0n) is 36.5. The molecule has 4 amide bonds. The van der Waals surface area contributed by atoms with Gasteiger partial charge in [0.15, 0.2) is 0 Å². The predicted molar refractivity (Wildman–Crippen MR) is 251 cm³/mol. The molecule has 2 aliphatic rings. The normalized spacial score (nSPS) is 17.1. The average Bonchev–Trinajstić information content (AvgIpc) is 4.16. The van der Waals surface area contributed by atoms with Gasteiger partial charge in [-0.1, -0.05) is 91.0 Å². The highest BCUT2D eigenvalue weighted by molar-refractivity contribution is 5.97. The van der Waals surface area contributed by atoms with Gasteiger partial charge in [-0.25, -0.2) is 19.6 Å². The maximum absolute atomic E-state index is 13.9. The average molecular weight is 881 g/mol. The fourth-order valence-corrected chi connectivity index (χ4v) is 10.0. The molecule has 14 heteroatoms. The summed E-state index contributed by atoms with van der Waals surface area (Å²) in [5.74, 6) is 0.696. The first-order valence-corrected chi connectivity index (χ1v) is 22.2. The summed E-state index contributed by atoms with van der Waals surface area (Å²) < 4.78 is 10.7. The van der Waals surface area contributed by atoms with E-state index in [0.29, 0.717) is 48.7 Å². The fourth-order valence-electron chi connectivity index (χ4n) is 10.0. The molecule has 2 aromatic heterocycles. The molecule has 6 N–H and O–H groups in total. The van der Waals surface area contributed by atoms with E-state index in [0.717, 1.165) is 79.1 Å². The number of fused-ring (bicyclic) bond motifs is 3. The maximum Gasteiger partial charge on any atom is 0.405 e. The number of carbonyl (C=O) groups is 4. The molecule has 0 spiro atoms. The van der Waals surface area contributed by atoms with Crippen LogP contribution in [-0.4, -0.2) is 66.8 Å². The van der Waals surface area contributed by atoms with Gasteiger partial charge in [-0.2, -0.15) is 0 Å². The van der Waals surface area contributed by atoms with Crippen LogP contribution in [0.3, 0.4) is 0 Å². The number of likely N-dealkylation sites (tertiary alicyclic amines) is 2. The van der Waals surface area contributed by atoms with E-state index >= 15 is 0 Å². The van der Waals surface area contributed by atoms with Crippen molar-refractivity contribution in [3.8, 4) is 22.3 Å². The summed E-state index contributed by atoms with van der Waals surface area (Å²) >= 11 is 0. The fraction of sp³-hybridized carbons (Fsp3) is 0.231. The van der Waals surface area contributed by atoms with Crippen molar-refractivity contribution in [1.29, 1.82) is 0 Å². The number of ether oxygens (including phenoxy) is 2. The lowest BCUT2D eigenvalue weighted by Gasteiger charge is -2.27. The number of benzene rings is 6. The monoisotopic (exact) mass is 880 g/mol. The highest BCUT2D eigenvalue weighted by atomic mass is 16.6. The Morgan fingerprint density at radius 2 is 1.08 bits per heavy atom. The lowest BCUT2D eigenvalue weighted by molar-refractivity contribution is -0.142. The molecule has 2 fully saturated rings. The topological polar surface area (TPSA) is 203 Å². The molecule has 14 nitrogen and oxygen atoms in total. The number of carbonyl (C=O) groups excluding carboxylic acids is 4. The van der Waals surface area contributed by atoms with Crippen LogP contribution in [0.15, 0.2) is 121 Å². The third-order valence-corrected chi connectivity index (χ3v) is 13.0. The van der Waals surface area contributed by atoms with Gasteiger partial charge < -0.3 is 40.7 Å². The Balaban J connectivity index is 0.896. The van der Waals surface area contributed by atoms with Crippen molar-refractivity contribution in [2.24, 2.45) is 11.5 Å². The minimum atomic E-state index is -1.15. The van der Waals surface area contributed by atoms with Crippen LogP contribution in [0, 0.1) is 13.8 Å². The van der Waals surface area contributed by atoms with Crippen LogP contribution in [0.25, 0.3) is 55.1 Å². The SMILES string of the molecule is Cc1cc2cc(-c3ccc4nc(C5CCCN5C(=O)[C@H](OC(N)=O)c5ccccc5)[nH]c4c3)ccc2c(C)c1-c1ccc2nc(C3CCCN3C(=O)[C@H](OC(N)=O)c3ccccc3)[nH]c2c1. The Kier molecular flexibility index (Phi) is 10.9. The number of H-pyrrole nitrogens is 2. The van der Waals surface area contributed by atoms with E-state index in [1.165, 1.54) is 0 Å². The number of hydrogen-bond acceptors (Lipinski definition) is 8. The van der Waals surface area contributed by atoms with Gasteiger partial charge in [-0.05, 0) is 114 Å². The van der Waals surface area contributed by atoms with E-state index in [4.69, 9.17) is 30.9 Å². The number of nitrogens with zero attached hydrogens (tertiary/aromatic N) is 4. The maximum atomic E-state index is 13.9. The lowest BCUT2D eigenvalue weighted by atomic mass is 9.89. The summed E-state index contributed by atoms with van der Waals surface area (Å²) in [6.45, 7) is 5.30. The van der Waals surface area contributed by atoms with Crippen LogP contribution in [-0.2, 0) is 19.1 Å². The summed E-state index contributed by atoms with van der Waals surface area (Å²) in [7, 11) is 0. The van der Waals surface area contributed by atoms with Crippen molar-refractivity contribution in [2.45, 2.75) is 63.8 Å². The molecule has 2 aliphatic heterocycles. The smallest absolute Gasteiger partial charge is 0.405 e. The number of imidazole rings is 2. The number of aromatic nitrogens is 4. The predicted octanol–water partition coefficient (Wildman–Crippen LogP) is 9.54. The van der Waals surface area contributed by atoms with E-state index in [1.807, 2.05) is 24.3 Å². The Labute approximate surface area is 379 Å². The molecule has 2 unspecified atom stereocenters. The van der Waals surface area contributed by atoms with Crippen LogP contribution in [0.2, 0.25) is 0 Å². The van der Waals surface area contributed by atoms with Gasteiger partial charge in [0.2, 0.25) is 12.2 Å². The third-order valence-electron chi connectivity index (χ3n) is 13.0. The largest absolute Gasteiger partial charge is 0.431 e. The molecule has 8 aromatic rings. The van der Waals surface area contributed by atoms with Crippen LogP contribution in [0.5, 0.6) is 0 Å². The van der Waals surface area contributed by atoms with Crippen LogP contribution < -0.4 is 11.5 Å². The first-order valence-electron chi connectivity index (χ1n) is 22.2. The molecule has 0 saturated carbocycles. The molecule has 0 radical (unpaired) electrons. The van der Waals surface area contributed by atoms with Crippen molar-refractivity contribution in [3.05, 3.63) is 155 Å². The van der Waals surface area contributed by atoms with Crippen LogP contribution in [0.1, 0.15) is 83.9 Å². The summed E-state index contributed by atoms with van der Waals surface area (Å²) in [6.07, 6.45) is -1.32. The van der Waals surface area contributed by atoms with Gasteiger partial charge in [0.05, 0.1) is 34.2 Å². The minimum Gasteiger partial charge on any atom is -0.431 e. The van der Waals surface area contributed by atoms with Crippen molar-refractivity contribution >= 4 is 56.8 Å². The van der Waals surface area contributed by atoms with Crippen molar-refractivity contribution < 1.29 is 28.7 Å². The molecule has 66 heavy (non-hydrogen) atoms. The molecule has 10 rings (SSSR count). The summed E-state index contributed by atoms with van der Waals surface area (Å²) in [5, 5.41) is 2.26. The van der Waals surface area contributed by atoms with Crippen molar-refractivity contribution in [2.75, 3.05) is 13.1 Å². The second-order valence-electron chi connectivity index (χ2n) is 17.2. The molecule has 4 atom stereocenters. The molecular formula is C52H48N8O6. The van der Waals surface area contributed by atoms with E-state index in [9.17, 15) is 19.2 Å². The van der Waals surface area contributed by atoms with Gasteiger partial charge in [0.1, 0.15) is 11.6 Å². The zero-order valence-corrected chi connectivity index (χ0v) is 36.5. The number of nitrogens with two attached hydrogens (primary N) is 2. The molecular weight excluding hydrogens is 833 g/mol. The summed E-state index contributed by atoms with van der Waals surface area (Å²) in [6, 6.07) is 38.4. The minimum absolute atomic E-state index is 0.314. The Morgan fingerprint density at radius 1 is 0.606 bits per heavy atom. The van der Waals surface area contributed by atoms with Gasteiger partial charge >= 0.3 is 12.2 Å². The number of rotatable bonds is 10. The second kappa shape index (κ2) is 17.2. The number of amides is 4. The molecule has 6 aromatic carbocycles. The zero-order chi connectivity index (χ0) is 45.6. The first-order chi connectivity index (χ1) is 32.0. The van der Waals surface area contributed by atoms with E-state index in [-0.39, 0.29) is 23.9 Å². The number of primary amides is 2. The van der Waals surface area contributed by atoms with Crippen molar-refractivity contribution in [3.63, 3.8) is 0 Å². The van der Waals surface area contributed by atoms with Crippen molar-refractivity contribution in [1.82, 2.24) is 29.7 Å². The Bertz CT molecular complexity index is 3180. The van der Waals surface area contributed by atoms with E-state index in [2.05, 4.69) is 72.3 Å². The summed E-state index contributed by atoms with van der Waals surface area (Å²) in [5.41, 5.74) is 21.8. The van der Waals surface area contributed by atoms with E-state index in [1.54, 1.807) is 58.3 Å². The molecule has 0 bridgehead atoms. The highest BCUT2D eigenvalue weighted by Gasteiger charge is 2.39. The molecule has 2 saturated heterocycles. The number of hydrogen-bond donors (Lipinski definition) is 4. The number of aryl methyl sites for hydroxylation is 2. The lowest BCUT2D eigenvalue weighted by Crippen LogP contribution is -2.37. The third kappa shape index (κ3) is 7.84. The Morgan fingerprint density at radius 3 is 1.59 bits per heavy atom. The molecule has 0 aliphatic carbocycles. The molecule has 332 valence electrons. The quantitative estimate of drug-likeness (QED) is 0.104. The molecule has 4 heterocycles. The van der Waals surface area contributed by atoms with Gasteiger partial charge in [0.25, 0.3) is 11.8 Å². The first kappa shape index (κ1) is 42.0. The number of nitrogens with one attached hydrogen (secondary N) is 2. The standard InChI is InChI=1S/C52H48N8O6/c1-29-25-36-26-33(34-18-21-38-40(27-34)57-47(55-38)42-15-9-23-59(42)49(61)45(65-51(53)63)31-11-5-3-6-12-31)17-20-37(36)30(2)44(29)35-19-22-39-41(28-35)58-48(56-39)43-16-10-24-60(43)50(62)46(66-52(54)64)32-13-7-4-8-14-32/h3-8,11-14,17-22,25-28,42-43,45-46H,9-10,15-16,23-24H2,1-2H3,(H2,53,63)(H2,54,64)(H,55,57)(H,56,58)/t42?,43?,45-,46-/m1/s1. The van der Waals surface area contributed by atoms with Crippen LogP contribution in [0.4, 0.5) is 9.59 Å². The van der Waals surface area contributed by atoms with Gasteiger partial charge in [-0.15, -0.1) is 0 Å². The second-order valence-corrected chi connectivity index (χ2v) is 17.2. The van der Waals surface area contributed by atoms with Crippen LogP contribution >= 0.6 is 0 Å².